The third kappa shape index (κ3) is 9.80. The Morgan fingerprint density at radius 3 is 2.52 bits per heavy atom. The third-order valence-electron chi connectivity index (χ3n) is 8.09. The van der Waals surface area contributed by atoms with Crippen molar-refractivity contribution in [2.45, 2.75) is 122 Å². The van der Waals surface area contributed by atoms with E-state index in [2.05, 4.69) is 13.8 Å². The van der Waals surface area contributed by atoms with Crippen LogP contribution >= 0.6 is 0 Å². The molecule has 228 valence electrons. The fraction of sp³-hybridized carbons (Fsp3) is 0.742. The number of ether oxygens (including phenoxy) is 4. The standard InChI is InChI=1S/C31H50O9/c1-9-24(37-8)21(5)29-30(40-29)27(35)18(2)11-10-12-19(3)28-20(4)13-14-25(38-22(6)32)31(7,36)16-15-23(33)17-26(34)39-28/h10-14,18,20-21,23-25,27-30,33,35-36H,9,15-17H2,1-8H3/b11-10+,14-13+,19-12+. The quantitative estimate of drug-likeness (QED) is 0.157. The number of epoxide rings is 1. The summed E-state index contributed by atoms with van der Waals surface area (Å²) in [5.41, 5.74) is -0.666. The summed E-state index contributed by atoms with van der Waals surface area (Å²) in [6, 6.07) is 0. The van der Waals surface area contributed by atoms with Crippen LogP contribution in [-0.2, 0) is 28.5 Å². The van der Waals surface area contributed by atoms with Crippen molar-refractivity contribution in [2.75, 3.05) is 7.11 Å². The summed E-state index contributed by atoms with van der Waals surface area (Å²) in [4.78, 5) is 24.3. The number of carbonyl (C=O) groups excluding carboxylic acids is 2. The first-order chi connectivity index (χ1) is 18.7. The fourth-order valence-electron chi connectivity index (χ4n) is 5.32. The molecule has 2 rings (SSSR count). The minimum atomic E-state index is -1.42. The number of methoxy groups -OCH3 is 1. The molecule has 0 radical (unpaired) electrons. The van der Waals surface area contributed by atoms with Crippen molar-refractivity contribution in [2.24, 2.45) is 17.8 Å². The summed E-state index contributed by atoms with van der Waals surface area (Å²) in [6.07, 6.45) is 6.42. The van der Waals surface area contributed by atoms with E-state index in [-0.39, 0.29) is 55.3 Å². The van der Waals surface area contributed by atoms with Crippen LogP contribution in [0.1, 0.15) is 74.1 Å². The molecule has 0 amide bonds. The Morgan fingerprint density at radius 2 is 1.93 bits per heavy atom. The number of hydrogen-bond donors (Lipinski definition) is 3. The maximum atomic E-state index is 12.6. The number of aliphatic hydroxyl groups is 3. The van der Waals surface area contributed by atoms with Crippen molar-refractivity contribution in [3.63, 3.8) is 0 Å². The van der Waals surface area contributed by atoms with E-state index in [0.717, 1.165) is 12.0 Å². The average molecular weight is 567 g/mol. The van der Waals surface area contributed by atoms with Gasteiger partial charge >= 0.3 is 11.9 Å². The van der Waals surface area contributed by atoms with Gasteiger partial charge in [-0.05, 0) is 44.8 Å². The Balaban J connectivity index is 2.16. The van der Waals surface area contributed by atoms with Gasteiger partial charge < -0.3 is 34.3 Å². The van der Waals surface area contributed by atoms with Gasteiger partial charge in [0.2, 0.25) is 0 Å². The molecule has 0 spiro atoms. The lowest BCUT2D eigenvalue weighted by atomic mass is 9.88. The molecule has 0 aromatic heterocycles. The Bertz CT molecular complexity index is 920. The molecule has 9 heteroatoms. The van der Waals surface area contributed by atoms with Gasteiger partial charge in [-0.2, -0.15) is 0 Å². The van der Waals surface area contributed by atoms with E-state index in [1.54, 1.807) is 26.2 Å². The second-order valence-corrected chi connectivity index (χ2v) is 11.7. The number of hydrogen-bond acceptors (Lipinski definition) is 9. The minimum absolute atomic E-state index is 0.0387. The summed E-state index contributed by atoms with van der Waals surface area (Å²) in [5.74, 6) is -1.39. The second-order valence-electron chi connectivity index (χ2n) is 11.7. The Labute approximate surface area is 239 Å². The maximum Gasteiger partial charge on any atom is 0.309 e. The van der Waals surface area contributed by atoms with Crippen molar-refractivity contribution >= 4 is 11.9 Å². The molecular weight excluding hydrogens is 516 g/mol. The number of carbonyl (C=O) groups is 2. The number of rotatable bonds is 10. The molecule has 11 atom stereocenters. The first-order valence-corrected chi connectivity index (χ1v) is 14.4. The highest BCUT2D eigenvalue weighted by Crippen LogP contribution is 2.37. The van der Waals surface area contributed by atoms with Crippen molar-refractivity contribution in [3.8, 4) is 0 Å². The summed E-state index contributed by atoms with van der Waals surface area (Å²) < 4.78 is 22.5. The van der Waals surface area contributed by atoms with Crippen LogP contribution < -0.4 is 0 Å². The summed E-state index contributed by atoms with van der Waals surface area (Å²) >= 11 is 0. The van der Waals surface area contributed by atoms with Crippen molar-refractivity contribution in [1.82, 2.24) is 0 Å². The summed E-state index contributed by atoms with van der Waals surface area (Å²) in [5, 5.41) is 32.2. The average Bonchev–Trinajstić information content (AvgIpc) is 3.68. The highest BCUT2D eigenvalue weighted by atomic mass is 16.6. The zero-order valence-electron chi connectivity index (χ0n) is 25.3. The number of aliphatic hydroxyl groups excluding tert-OH is 2. The molecule has 0 aromatic rings. The summed E-state index contributed by atoms with van der Waals surface area (Å²) in [7, 11) is 1.69. The van der Waals surface area contributed by atoms with Gasteiger partial charge in [0.05, 0.1) is 30.8 Å². The SMILES string of the molecule is CCC(OC)C(C)C1OC1C(O)C(C)/C=C/C=C(\C)C1OC(=O)CC(O)CCC(C)(O)C(OC(C)=O)/C=C/C1C. The van der Waals surface area contributed by atoms with Crippen LogP contribution in [0.15, 0.2) is 36.0 Å². The van der Waals surface area contributed by atoms with E-state index < -0.39 is 42.0 Å². The number of allylic oxidation sites excluding steroid dienone is 2. The highest BCUT2D eigenvalue weighted by molar-refractivity contribution is 5.70. The van der Waals surface area contributed by atoms with Crippen molar-refractivity contribution in [1.29, 1.82) is 0 Å². The molecule has 2 heterocycles. The van der Waals surface area contributed by atoms with Crippen LogP contribution in [0.25, 0.3) is 0 Å². The first kappa shape index (κ1) is 34.2. The van der Waals surface area contributed by atoms with Crippen LogP contribution in [-0.4, -0.2) is 82.7 Å². The third-order valence-corrected chi connectivity index (χ3v) is 8.09. The molecule has 1 saturated heterocycles. The van der Waals surface area contributed by atoms with Gasteiger partial charge in [-0.15, -0.1) is 0 Å². The first-order valence-electron chi connectivity index (χ1n) is 14.4. The molecule has 9 nitrogen and oxygen atoms in total. The molecule has 0 bridgehead atoms. The molecule has 0 aromatic carbocycles. The van der Waals surface area contributed by atoms with Crippen LogP contribution in [0.2, 0.25) is 0 Å². The Kier molecular flexibility index (Phi) is 13.0. The van der Waals surface area contributed by atoms with Crippen molar-refractivity contribution in [3.05, 3.63) is 36.0 Å². The molecule has 2 aliphatic heterocycles. The number of esters is 2. The van der Waals surface area contributed by atoms with Crippen LogP contribution in [0.5, 0.6) is 0 Å². The van der Waals surface area contributed by atoms with Gasteiger partial charge in [0.1, 0.15) is 23.9 Å². The Morgan fingerprint density at radius 1 is 1.25 bits per heavy atom. The van der Waals surface area contributed by atoms with E-state index in [4.69, 9.17) is 18.9 Å². The van der Waals surface area contributed by atoms with Crippen LogP contribution in [0, 0.1) is 17.8 Å². The topological polar surface area (TPSA) is 135 Å². The smallest absolute Gasteiger partial charge is 0.309 e. The van der Waals surface area contributed by atoms with Gasteiger partial charge in [0.25, 0.3) is 0 Å². The van der Waals surface area contributed by atoms with Crippen LogP contribution in [0.4, 0.5) is 0 Å². The lowest BCUT2D eigenvalue weighted by Gasteiger charge is -2.32. The van der Waals surface area contributed by atoms with Gasteiger partial charge in [0.15, 0.2) is 0 Å². The monoisotopic (exact) mass is 566 g/mol. The zero-order valence-corrected chi connectivity index (χ0v) is 25.3. The van der Waals surface area contributed by atoms with Crippen LogP contribution in [0.3, 0.4) is 0 Å². The van der Waals surface area contributed by atoms with E-state index in [1.807, 2.05) is 39.0 Å². The normalized spacial score (nSPS) is 36.0. The maximum absolute atomic E-state index is 12.6. The van der Waals surface area contributed by atoms with E-state index in [0.29, 0.717) is 0 Å². The van der Waals surface area contributed by atoms with E-state index >= 15 is 0 Å². The molecule has 3 N–H and O–H groups in total. The lowest BCUT2D eigenvalue weighted by molar-refractivity contribution is -0.157. The molecule has 0 aliphatic carbocycles. The molecular formula is C31H50O9. The number of cyclic esters (lactones) is 1. The van der Waals surface area contributed by atoms with Gasteiger partial charge in [-0.1, -0.05) is 52.0 Å². The van der Waals surface area contributed by atoms with E-state index in [9.17, 15) is 24.9 Å². The molecule has 0 saturated carbocycles. The van der Waals surface area contributed by atoms with Crippen molar-refractivity contribution < 1.29 is 43.9 Å². The predicted octanol–water partition coefficient (Wildman–Crippen LogP) is 3.65. The van der Waals surface area contributed by atoms with E-state index in [1.165, 1.54) is 6.92 Å². The fourth-order valence-corrected chi connectivity index (χ4v) is 5.32. The predicted molar refractivity (Wildman–Crippen MR) is 151 cm³/mol. The molecule has 40 heavy (non-hydrogen) atoms. The Hall–Kier alpha value is -2.04. The zero-order chi connectivity index (χ0) is 30.2. The minimum Gasteiger partial charge on any atom is -0.457 e. The largest absolute Gasteiger partial charge is 0.457 e. The molecule has 1 fully saturated rings. The molecule has 11 unspecified atom stereocenters. The second kappa shape index (κ2) is 15.3. The van der Waals surface area contributed by atoms with Gasteiger partial charge in [0, 0.05) is 31.8 Å². The lowest BCUT2D eigenvalue weighted by Crippen LogP contribution is -2.42. The molecule has 2 aliphatic rings. The highest BCUT2D eigenvalue weighted by Gasteiger charge is 2.50. The van der Waals surface area contributed by atoms with Gasteiger partial charge in [-0.25, -0.2) is 0 Å². The summed E-state index contributed by atoms with van der Waals surface area (Å²) in [6.45, 7) is 12.6. The van der Waals surface area contributed by atoms with Gasteiger partial charge in [-0.3, -0.25) is 9.59 Å².